The van der Waals surface area contributed by atoms with Crippen LogP contribution in [-0.4, -0.2) is 90.6 Å². The second-order valence-electron chi connectivity index (χ2n) is 13.1. The van der Waals surface area contributed by atoms with E-state index in [9.17, 15) is 19.2 Å². The minimum atomic E-state index is -0.323. The largest absolute Gasteiger partial charge is 0.493 e. The van der Waals surface area contributed by atoms with Crippen molar-refractivity contribution in [3.63, 3.8) is 0 Å². The number of hydrogen-bond donors (Lipinski definition) is 5. The lowest BCUT2D eigenvalue weighted by atomic mass is 10.1. The van der Waals surface area contributed by atoms with Gasteiger partial charge in [-0.2, -0.15) is 0 Å². The fourth-order valence-electron chi connectivity index (χ4n) is 6.63. The summed E-state index contributed by atoms with van der Waals surface area (Å²) in [5.74, 6) is 0.299. The number of carbonyl (C=O) groups is 4. The van der Waals surface area contributed by atoms with Gasteiger partial charge in [-0.05, 0) is 62.2 Å². The topological polar surface area (TPSA) is 160 Å². The van der Waals surface area contributed by atoms with Crippen LogP contribution in [0.3, 0.4) is 0 Å². The normalized spacial score (nSPS) is 14.9. The highest BCUT2D eigenvalue weighted by Gasteiger charge is 2.34. The van der Waals surface area contributed by atoms with Gasteiger partial charge in [-0.15, -0.1) is 0 Å². The molecule has 6 rings (SSSR count). The Balaban J connectivity index is 0.984. The number of nitrogens with zero attached hydrogens (tertiary/aromatic N) is 3. The number of benzene rings is 2. The van der Waals surface area contributed by atoms with E-state index in [0.29, 0.717) is 65.9 Å². The Kier molecular flexibility index (Phi) is 11.1. The zero-order valence-electron chi connectivity index (χ0n) is 30.0. The van der Waals surface area contributed by atoms with Crippen LogP contribution in [0, 0.1) is 0 Å². The molecule has 14 heteroatoms. The lowest BCUT2D eigenvalue weighted by Crippen LogP contribution is -2.36. The summed E-state index contributed by atoms with van der Waals surface area (Å²) in [6.45, 7) is 2.94. The molecule has 14 nitrogen and oxygen atoms in total. The number of likely N-dealkylation sites (N-methyl/N-ethyl adjacent to an activating group) is 1. The van der Waals surface area contributed by atoms with Crippen molar-refractivity contribution in [1.29, 1.82) is 0 Å². The van der Waals surface area contributed by atoms with Gasteiger partial charge in [-0.25, -0.2) is 0 Å². The van der Waals surface area contributed by atoms with Crippen molar-refractivity contribution in [2.24, 2.45) is 14.1 Å². The summed E-state index contributed by atoms with van der Waals surface area (Å²) >= 11 is 0. The van der Waals surface area contributed by atoms with Gasteiger partial charge in [-0.1, -0.05) is 12.1 Å². The Hall–Kier alpha value is -5.76. The average Bonchev–Trinajstić information content (AvgIpc) is 3.85. The molecule has 2 aliphatic rings. The molecule has 5 N–H and O–H groups in total. The second-order valence-corrected chi connectivity index (χ2v) is 13.1. The van der Waals surface area contributed by atoms with Gasteiger partial charge in [0.05, 0.1) is 30.7 Å². The zero-order valence-corrected chi connectivity index (χ0v) is 30.0. The lowest BCUT2D eigenvalue weighted by molar-refractivity contribution is -0.116. The van der Waals surface area contributed by atoms with E-state index in [1.54, 1.807) is 52.7 Å². The van der Waals surface area contributed by atoms with Gasteiger partial charge in [0.2, 0.25) is 5.91 Å². The molecule has 0 bridgehead atoms. The molecule has 1 atom stereocenters. The van der Waals surface area contributed by atoms with E-state index in [4.69, 9.17) is 9.47 Å². The maximum atomic E-state index is 13.1. The molecule has 0 aliphatic carbocycles. The summed E-state index contributed by atoms with van der Waals surface area (Å²) in [7, 11) is 6.94. The summed E-state index contributed by atoms with van der Waals surface area (Å²) in [5.41, 5.74) is 5.13. The molecule has 1 fully saturated rings. The number of carbonyl (C=O) groups excluding carboxylic acids is 4. The summed E-state index contributed by atoms with van der Waals surface area (Å²) in [5, 5.41) is 15.1. The first-order valence-electron chi connectivity index (χ1n) is 17.5. The van der Waals surface area contributed by atoms with Crippen LogP contribution >= 0.6 is 0 Å². The van der Waals surface area contributed by atoms with Crippen LogP contribution in [-0.2, 0) is 18.9 Å². The van der Waals surface area contributed by atoms with Crippen LogP contribution in [0.5, 0.6) is 11.5 Å². The Morgan fingerprint density at radius 2 is 1.65 bits per heavy atom. The number of fused-ring (bicyclic) bond motifs is 2. The van der Waals surface area contributed by atoms with Crippen LogP contribution in [0.15, 0.2) is 60.9 Å². The van der Waals surface area contributed by atoms with E-state index in [-0.39, 0.29) is 42.7 Å². The molecule has 2 aliphatic heterocycles. The smallest absolute Gasteiger partial charge is 0.272 e. The zero-order chi connectivity index (χ0) is 36.8. The third-order valence-corrected chi connectivity index (χ3v) is 9.40. The highest BCUT2D eigenvalue weighted by atomic mass is 16.5. The number of ether oxygens (including phenoxy) is 2. The predicted molar refractivity (Wildman–Crippen MR) is 199 cm³/mol. The van der Waals surface area contributed by atoms with E-state index < -0.39 is 0 Å². The third-order valence-electron chi connectivity index (χ3n) is 9.40. The molecule has 1 unspecified atom stereocenters. The molecule has 4 heterocycles. The fraction of sp³-hybridized carbons (Fsp3) is 0.368. The Morgan fingerprint density at radius 1 is 0.885 bits per heavy atom. The summed E-state index contributed by atoms with van der Waals surface area (Å²) in [6, 6.07) is 14.6. The van der Waals surface area contributed by atoms with Gasteiger partial charge in [0.15, 0.2) is 11.5 Å². The number of methoxy groups -OCH3 is 1. The number of nitrogens with one attached hydrogen (secondary N) is 5. The number of aromatic nitrogens is 2. The van der Waals surface area contributed by atoms with Crippen molar-refractivity contribution in [3.8, 4) is 22.6 Å². The summed E-state index contributed by atoms with van der Waals surface area (Å²) < 4.78 is 15.0. The molecule has 52 heavy (non-hydrogen) atoms. The number of anilines is 3. The van der Waals surface area contributed by atoms with Crippen molar-refractivity contribution in [3.05, 3.63) is 77.9 Å². The molecular formula is C38H46N8O6. The van der Waals surface area contributed by atoms with E-state index in [1.165, 1.54) is 7.11 Å². The van der Waals surface area contributed by atoms with Crippen LogP contribution in [0.4, 0.5) is 17.1 Å². The van der Waals surface area contributed by atoms with E-state index in [1.807, 2.05) is 43.4 Å². The first-order chi connectivity index (χ1) is 25.1. The van der Waals surface area contributed by atoms with Gasteiger partial charge >= 0.3 is 0 Å². The van der Waals surface area contributed by atoms with Crippen molar-refractivity contribution in [1.82, 2.24) is 24.7 Å². The first kappa shape index (κ1) is 36.0. The monoisotopic (exact) mass is 710 g/mol. The van der Waals surface area contributed by atoms with Crippen LogP contribution in [0.25, 0.3) is 11.1 Å². The van der Waals surface area contributed by atoms with Crippen molar-refractivity contribution in [2.45, 2.75) is 31.7 Å². The third kappa shape index (κ3) is 8.07. The second kappa shape index (κ2) is 16.1. The summed E-state index contributed by atoms with van der Waals surface area (Å²) in [4.78, 5) is 53.5. The quantitative estimate of drug-likeness (QED) is 0.123. The highest BCUT2D eigenvalue weighted by molar-refractivity contribution is 6.05. The van der Waals surface area contributed by atoms with Gasteiger partial charge in [0.25, 0.3) is 17.7 Å². The Labute approximate surface area is 302 Å². The fourth-order valence-corrected chi connectivity index (χ4v) is 6.63. The van der Waals surface area contributed by atoms with Crippen LogP contribution < -0.4 is 36.1 Å². The molecule has 4 amide bonds. The van der Waals surface area contributed by atoms with Crippen LogP contribution in [0.2, 0.25) is 0 Å². The predicted octanol–water partition coefficient (Wildman–Crippen LogP) is 4.07. The van der Waals surface area contributed by atoms with Crippen molar-refractivity contribution >= 4 is 40.7 Å². The van der Waals surface area contributed by atoms with E-state index >= 15 is 0 Å². The minimum Gasteiger partial charge on any atom is -0.493 e. The van der Waals surface area contributed by atoms with Gasteiger partial charge in [-0.3, -0.25) is 19.2 Å². The first-order valence-corrected chi connectivity index (χ1v) is 17.5. The van der Waals surface area contributed by atoms with E-state index in [2.05, 4.69) is 26.6 Å². The van der Waals surface area contributed by atoms with Gasteiger partial charge in [0.1, 0.15) is 11.4 Å². The van der Waals surface area contributed by atoms with Crippen molar-refractivity contribution < 1.29 is 28.7 Å². The Bertz CT molecular complexity index is 1950. The van der Waals surface area contributed by atoms with E-state index in [0.717, 1.165) is 36.2 Å². The molecule has 0 saturated carbocycles. The maximum absolute atomic E-state index is 13.1. The number of hydrogen-bond acceptors (Lipinski definition) is 8. The average molecular weight is 711 g/mol. The number of aryl methyl sites for hydroxylation is 2. The molecule has 4 aromatic rings. The molecular weight excluding hydrogens is 664 g/mol. The molecule has 1 saturated heterocycles. The molecule has 0 radical (unpaired) electrons. The molecule has 274 valence electrons. The molecule has 2 aromatic heterocycles. The maximum Gasteiger partial charge on any atom is 0.272 e. The van der Waals surface area contributed by atoms with Gasteiger partial charge in [0, 0.05) is 82.4 Å². The lowest BCUT2D eigenvalue weighted by Gasteiger charge is -2.21. The van der Waals surface area contributed by atoms with Gasteiger partial charge < -0.3 is 50.1 Å². The standard InChI is InChI=1S/C38H46N8O6/c1-39-13-14-40-36(48)31-17-25(22-44(31)2)24-9-11-26(12-10-24)43-37(49)32-18-27(23-45(32)3)42-35(47)8-6-16-52-34-20-30-29(19-33(34)51-4)38(50)46-15-5-7-28(46)21-41-30/h9-12,17-20,22-23,28,39,41H,5-8,13-16,21H2,1-4H3,(H,40,48)(H,42,47)(H,43,49). The summed E-state index contributed by atoms with van der Waals surface area (Å²) in [6.07, 6.45) is 6.22. The SMILES string of the molecule is CNCCNC(=O)c1cc(-c2ccc(NC(=O)c3cc(NC(=O)CCCOc4cc5c(cc4OC)C(=O)N4CCCC4CN5)cn3C)cc2)cn1C. The minimum absolute atomic E-state index is 0.00188. The molecule has 0 spiro atoms. The Morgan fingerprint density at radius 3 is 2.42 bits per heavy atom. The van der Waals surface area contributed by atoms with Crippen LogP contribution in [0.1, 0.15) is 57.0 Å². The molecule has 2 aromatic carbocycles. The van der Waals surface area contributed by atoms with Crippen molar-refractivity contribution in [2.75, 3.05) is 62.9 Å². The number of rotatable bonds is 14. The highest BCUT2D eigenvalue weighted by Crippen LogP contribution is 2.37. The number of amides is 4.